The number of rotatable bonds is 6. The van der Waals surface area contributed by atoms with Crippen LogP contribution in [-0.2, 0) is 43.3 Å². The molecule has 5 atom stereocenters. The van der Waals surface area contributed by atoms with Crippen molar-refractivity contribution in [1.82, 2.24) is 14.7 Å². The van der Waals surface area contributed by atoms with Crippen molar-refractivity contribution < 1.29 is 33.8 Å². The number of carboxylic acid groups (broad SMARTS) is 1. The molecule has 2 saturated heterocycles. The largest absolute Gasteiger partial charge is 0.480 e. The predicted molar refractivity (Wildman–Crippen MR) is 193 cm³/mol. The number of ether oxygens (including phenoxy) is 1. The molecule has 4 heterocycles. The van der Waals surface area contributed by atoms with E-state index < -0.39 is 47.9 Å². The van der Waals surface area contributed by atoms with Crippen molar-refractivity contribution in [2.75, 3.05) is 11.4 Å². The van der Waals surface area contributed by atoms with Crippen LogP contribution in [0.1, 0.15) is 81.2 Å². The Balaban J connectivity index is 1.23. The number of hydrogen-bond acceptors (Lipinski definition) is 6. The molecule has 0 unspecified atom stereocenters. The van der Waals surface area contributed by atoms with Gasteiger partial charge in [0.15, 0.2) is 0 Å². The lowest BCUT2D eigenvalue weighted by molar-refractivity contribution is -0.151. The molecule has 0 saturated carbocycles. The summed E-state index contributed by atoms with van der Waals surface area (Å²) in [7, 11) is 0. The van der Waals surface area contributed by atoms with Gasteiger partial charge in [0.1, 0.15) is 23.7 Å². The Hall–Kier alpha value is -5.19. The topological polar surface area (TPSA) is 128 Å². The van der Waals surface area contributed by atoms with Gasteiger partial charge in [0, 0.05) is 32.0 Å². The molecular formula is C41H46N4O7. The second-order valence-corrected chi connectivity index (χ2v) is 15.3. The highest BCUT2D eigenvalue weighted by Gasteiger charge is 2.50. The zero-order chi connectivity index (χ0) is 36.7. The van der Waals surface area contributed by atoms with Crippen molar-refractivity contribution in [2.24, 2.45) is 0 Å². The Labute approximate surface area is 304 Å². The third-order valence-electron chi connectivity index (χ3n) is 10.9. The van der Waals surface area contributed by atoms with Crippen molar-refractivity contribution in [2.45, 2.75) is 108 Å². The van der Waals surface area contributed by atoms with E-state index in [1.165, 1.54) is 9.80 Å². The number of amides is 4. The number of carbonyl (C=O) groups excluding carboxylic acids is 4. The Bertz CT molecular complexity index is 1870. The highest BCUT2D eigenvalue weighted by atomic mass is 16.6. The van der Waals surface area contributed by atoms with Gasteiger partial charge in [0.2, 0.25) is 17.7 Å². The fraction of sp³-hybridized carbons (Fsp3) is 0.439. The Kier molecular flexibility index (Phi) is 9.54. The second-order valence-electron chi connectivity index (χ2n) is 15.3. The molecule has 0 bridgehead atoms. The van der Waals surface area contributed by atoms with Crippen LogP contribution < -0.4 is 4.90 Å². The average molecular weight is 707 g/mol. The van der Waals surface area contributed by atoms with Crippen LogP contribution in [0.25, 0.3) is 0 Å². The monoisotopic (exact) mass is 706 g/mol. The van der Waals surface area contributed by atoms with Crippen LogP contribution in [0, 0.1) is 0 Å². The van der Waals surface area contributed by atoms with Crippen molar-refractivity contribution in [3.63, 3.8) is 0 Å². The van der Waals surface area contributed by atoms with E-state index in [1.807, 2.05) is 78.9 Å². The van der Waals surface area contributed by atoms with Gasteiger partial charge in [-0.15, -0.1) is 0 Å². The van der Waals surface area contributed by atoms with Crippen molar-refractivity contribution in [3.05, 3.63) is 101 Å². The van der Waals surface area contributed by atoms with E-state index >= 15 is 9.59 Å². The minimum Gasteiger partial charge on any atom is -0.480 e. The number of hydrogen-bond donors (Lipinski definition) is 1. The normalized spacial score (nSPS) is 24.0. The Morgan fingerprint density at radius 3 is 2.12 bits per heavy atom. The SMILES string of the molecule is CC(C)(C)OC(=O)N1c2ccccc2C[C@@H]1C(=O)N1[C@@H](c2ccccc2)CC[C@H]1C(=O)N1Cc2ccccc2C[C@@H]1CC(=O)N1CCC[C@H]1C(=O)O. The van der Waals surface area contributed by atoms with Crippen LogP contribution in [0.4, 0.5) is 10.5 Å². The number of likely N-dealkylation sites (tertiary alicyclic amines) is 2. The first-order chi connectivity index (χ1) is 24.9. The number of para-hydroxylation sites is 1. The molecule has 4 aliphatic rings. The van der Waals surface area contributed by atoms with E-state index in [-0.39, 0.29) is 37.1 Å². The van der Waals surface area contributed by atoms with Gasteiger partial charge < -0.3 is 24.5 Å². The number of carbonyl (C=O) groups is 5. The zero-order valence-electron chi connectivity index (χ0n) is 29.9. The second kappa shape index (κ2) is 14.1. The van der Waals surface area contributed by atoms with Gasteiger partial charge in [0.05, 0.1) is 11.7 Å². The number of anilines is 1. The Morgan fingerprint density at radius 2 is 1.40 bits per heavy atom. The molecule has 0 spiro atoms. The molecule has 0 radical (unpaired) electrons. The fourth-order valence-corrected chi connectivity index (χ4v) is 8.52. The summed E-state index contributed by atoms with van der Waals surface area (Å²) in [6.45, 7) is 5.99. The average Bonchev–Trinajstić information content (AvgIpc) is 3.88. The summed E-state index contributed by atoms with van der Waals surface area (Å²) in [4.78, 5) is 75.9. The number of benzene rings is 3. The van der Waals surface area contributed by atoms with E-state index in [0.29, 0.717) is 44.3 Å². The van der Waals surface area contributed by atoms with Crippen molar-refractivity contribution in [3.8, 4) is 0 Å². The fourth-order valence-electron chi connectivity index (χ4n) is 8.52. The minimum absolute atomic E-state index is 0.0169. The quantitative estimate of drug-likeness (QED) is 0.359. The first-order valence-corrected chi connectivity index (χ1v) is 18.3. The number of aliphatic carboxylic acids is 1. The smallest absolute Gasteiger partial charge is 0.415 e. The predicted octanol–water partition coefficient (Wildman–Crippen LogP) is 5.50. The maximum atomic E-state index is 15.1. The lowest BCUT2D eigenvalue weighted by Gasteiger charge is -2.41. The molecular weight excluding hydrogens is 660 g/mol. The summed E-state index contributed by atoms with van der Waals surface area (Å²) < 4.78 is 5.82. The molecule has 11 heteroatoms. The van der Waals surface area contributed by atoms with E-state index in [0.717, 1.165) is 22.3 Å². The lowest BCUT2D eigenvalue weighted by Crippen LogP contribution is -2.57. The molecule has 4 amide bonds. The molecule has 7 rings (SSSR count). The van der Waals surface area contributed by atoms with Crippen LogP contribution in [0.2, 0.25) is 0 Å². The van der Waals surface area contributed by atoms with Gasteiger partial charge in [-0.05, 0) is 81.2 Å². The van der Waals surface area contributed by atoms with E-state index in [2.05, 4.69) is 0 Å². The molecule has 0 aromatic heterocycles. The first-order valence-electron chi connectivity index (χ1n) is 18.3. The summed E-state index contributed by atoms with van der Waals surface area (Å²) >= 11 is 0. The summed E-state index contributed by atoms with van der Waals surface area (Å²) in [5.74, 6) is -1.90. The highest BCUT2D eigenvalue weighted by molar-refractivity contribution is 6.02. The Morgan fingerprint density at radius 1 is 0.731 bits per heavy atom. The number of fused-ring (bicyclic) bond motifs is 2. The number of nitrogens with zero attached hydrogens (tertiary/aromatic N) is 4. The van der Waals surface area contributed by atoms with Crippen LogP contribution in [0.5, 0.6) is 0 Å². The third kappa shape index (κ3) is 6.76. The van der Waals surface area contributed by atoms with Crippen molar-refractivity contribution in [1.29, 1.82) is 0 Å². The molecule has 3 aromatic carbocycles. The highest BCUT2D eigenvalue weighted by Crippen LogP contribution is 2.42. The van der Waals surface area contributed by atoms with E-state index in [4.69, 9.17) is 4.74 Å². The van der Waals surface area contributed by atoms with Gasteiger partial charge in [-0.2, -0.15) is 0 Å². The van der Waals surface area contributed by atoms with E-state index in [1.54, 1.807) is 30.6 Å². The summed E-state index contributed by atoms with van der Waals surface area (Å²) in [5, 5.41) is 9.78. The maximum absolute atomic E-state index is 15.1. The van der Waals surface area contributed by atoms with E-state index in [9.17, 15) is 19.5 Å². The standard InChI is InChI=1S/C41H46N4O7/c1-41(2,3)52-40(51)45-31-17-10-9-15-28(31)23-35(45)38(48)44-32(26-12-5-4-6-13-26)19-20-33(44)37(47)43-25-29-16-8-7-14-27(29)22-30(43)24-36(46)42-21-11-18-34(42)39(49)50/h4-10,12-17,30,32-35H,11,18-25H2,1-3H3,(H,49,50)/t30-,32-,33+,34+,35-/m1/s1. The molecule has 1 N–H and O–H groups in total. The molecule has 2 fully saturated rings. The molecule has 11 nitrogen and oxygen atoms in total. The first kappa shape index (κ1) is 35.2. The van der Waals surface area contributed by atoms with Gasteiger partial charge in [-0.25, -0.2) is 9.59 Å². The van der Waals surface area contributed by atoms with Crippen LogP contribution in [0.3, 0.4) is 0 Å². The maximum Gasteiger partial charge on any atom is 0.415 e. The van der Waals surface area contributed by atoms with Gasteiger partial charge in [-0.3, -0.25) is 19.3 Å². The number of carboxylic acids is 1. The minimum atomic E-state index is -1.02. The lowest BCUT2D eigenvalue weighted by atomic mass is 9.91. The molecule has 0 aliphatic carbocycles. The van der Waals surface area contributed by atoms with Gasteiger partial charge in [-0.1, -0.05) is 72.8 Å². The summed E-state index contributed by atoms with van der Waals surface area (Å²) in [5.41, 5.74) is 3.58. The van der Waals surface area contributed by atoms with Crippen molar-refractivity contribution >= 4 is 35.5 Å². The third-order valence-corrected chi connectivity index (χ3v) is 10.9. The summed E-state index contributed by atoms with van der Waals surface area (Å²) in [6, 6.07) is 21.4. The van der Waals surface area contributed by atoms with Crippen LogP contribution in [0.15, 0.2) is 78.9 Å². The zero-order valence-corrected chi connectivity index (χ0v) is 29.9. The van der Waals surface area contributed by atoms with Gasteiger partial charge in [0.25, 0.3) is 0 Å². The molecule has 4 aliphatic heterocycles. The molecule has 3 aromatic rings. The van der Waals surface area contributed by atoms with Crippen LogP contribution >= 0.6 is 0 Å². The summed E-state index contributed by atoms with van der Waals surface area (Å²) in [6.07, 6.45) is 2.04. The molecule has 52 heavy (non-hydrogen) atoms. The molecule has 272 valence electrons. The van der Waals surface area contributed by atoms with Gasteiger partial charge >= 0.3 is 12.1 Å². The van der Waals surface area contributed by atoms with Crippen LogP contribution in [-0.4, -0.2) is 85.9 Å².